The Labute approximate surface area is 237 Å². The molecule has 2 saturated carbocycles. The maximum atomic E-state index is 12.7. The molecule has 0 saturated heterocycles. The normalized spacial score (nSPS) is 23.6. The summed E-state index contributed by atoms with van der Waals surface area (Å²) in [5, 5.41) is 16.2. The highest BCUT2D eigenvalue weighted by Crippen LogP contribution is 2.41. The molecule has 3 aromatic rings. The molecule has 2 aromatic heterocycles. The van der Waals surface area contributed by atoms with Gasteiger partial charge < -0.3 is 26.2 Å². The fourth-order valence-electron chi connectivity index (χ4n) is 5.46. The van der Waals surface area contributed by atoms with Crippen LogP contribution >= 0.6 is 23.2 Å². The van der Waals surface area contributed by atoms with E-state index < -0.39 is 12.1 Å². The lowest BCUT2D eigenvalue weighted by atomic mass is 9.85. The van der Waals surface area contributed by atoms with E-state index in [0.29, 0.717) is 55.2 Å². The highest BCUT2D eigenvalue weighted by molar-refractivity contribution is 6.39. The number of aliphatic hydroxyl groups excluding tert-OH is 1. The second-order valence-corrected chi connectivity index (χ2v) is 11.0. The number of alkyl halides is 3. The van der Waals surface area contributed by atoms with Crippen molar-refractivity contribution < 1.29 is 27.8 Å². The largest absolute Gasteiger partial charge is 0.573 e. The summed E-state index contributed by atoms with van der Waals surface area (Å²) in [6.07, 6.45) is 1.84. The van der Waals surface area contributed by atoms with Gasteiger partial charge in [0.1, 0.15) is 11.3 Å². The first-order valence-corrected chi connectivity index (χ1v) is 13.7. The number of benzene rings is 1. The smallest absolute Gasteiger partial charge is 0.406 e. The van der Waals surface area contributed by atoms with E-state index in [2.05, 4.69) is 25.3 Å². The van der Waals surface area contributed by atoms with Crippen LogP contribution in [0.1, 0.15) is 57.4 Å². The first kappa shape index (κ1) is 28.5. The third kappa shape index (κ3) is 6.47. The third-order valence-electron chi connectivity index (χ3n) is 7.36. The number of primary amides is 1. The zero-order valence-corrected chi connectivity index (χ0v) is 22.7. The zero-order chi connectivity index (χ0) is 28.6. The number of rotatable bonds is 7. The van der Waals surface area contributed by atoms with Crippen molar-refractivity contribution in [3.05, 3.63) is 28.4 Å². The molecule has 10 nitrogen and oxygen atoms in total. The molecular weight excluding hydrogens is 574 g/mol. The molecule has 216 valence electrons. The monoisotopic (exact) mass is 601 g/mol. The minimum Gasteiger partial charge on any atom is -0.406 e. The van der Waals surface area contributed by atoms with Crippen LogP contribution in [0.2, 0.25) is 10.0 Å². The SMILES string of the molecule is NC(=O)[C@H]1CC[C@@H](n2c(Nc3c(Cl)cc(OC(F)(F)F)cc3Cl)nc3cnc(N[C@@H]4CCC[C@H](O)C4)nc32)CC1. The second kappa shape index (κ2) is 11.5. The van der Waals surface area contributed by atoms with E-state index in [1.807, 2.05) is 4.57 Å². The van der Waals surface area contributed by atoms with Crippen LogP contribution in [0, 0.1) is 5.92 Å². The predicted octanol–water partition coefficient (Wildman–Crippen LogP) is 5.71. The molecule has 1 amide bonds. The molecular formula is C25H28Cl2F3N7O3. The lowest BCUT2D eigenvalue weighted by Gasteiger charge is -2.29. The molecule has 0 radical (unpaired) electrons. The number of hydrogen-bond donors (Lipinski definition) is 4. The summed E-state index contributed by atoms with van der Waals surface area (Å²) in [7, 11) is 0. The third-order valence-corrected chi connectivity index (χ3v) is 7.96. The summed E-state index contributed by atoms with van der Waals surface area (Å²) >= 11 is 12.6. The number of aromatic nitrogens is 4. The van der Waals surface area contributed by atoms with Crippen LogP contribution in [0.5, 0.6) is 5.75 Å². The summed E-state index contributed by atoms with van der Waals surface area (Å²) in [5.74, 6) is -0.423. The van der Waals surface area contributed by atoms with Crippen LogP contribution in [-0.2, 0) is 4.79 Å². The van der Waals surface area contributed by atoms with Gasteiger partial charge in [0.15, 0.2) is 5.65 Å². The molecule has 2 aliphatic rings. The molecule has 15 heteroatoms. The number of anilines is 3. The van der Waals surface area contributed by atoms with Gasteiger partial charge in [-0.1, -0.05) is 23.2 Å². The first-order valence-electron chi connectivity index (χ1n) is 13.0. The summed E-state index contributed by atoms with van der Waals surface area (Å²) in [6.45, 7) is 0. The Morgan fingerprint density at radius 3 is 2.42 bits per heavy atom. The van der Waals surface area contributed by atoms with E-state index in [4.69, 9.17) is 33.9 Å². The second-order valence-electron chi connectivity index (χ2n) is 10.2. The maximum absolute atomic E-state index is 12.7. The molecule has 2 fully saturated rings. The van der Waals surface area contributed by atoms with E-state index in [9.17, 15) is 23.1 Å². The van der Waals surface area contributed by atoms with Crippen LogP contribution in [0.4, 0.5) is 30.8 Å². The fraction of sp³-hybridized carbons (Fsp3) is 0.520. The fourth-order valence-corrected chi connectivity index (χ4v) is 6.03. The number of nitrogens with one attached hydrogen (secondary N) is 2. The Hall–Kier alpha value is -3.03. The Morgan fingerprint density at radius 1 is 1.10 bits per heavy atom. The number of halogens is 5. The summed E-state index contributed by atoms with van der Waals surface area (Å²) < 4.78 is 44.0. The minimum atomic E-state index is -4.90. The van der Waals surface area contributed by atoms with Gasteiger partial charge >= 0.3 is 6.36 Å². The summed E-state index contributed by atoms with van der Waals surface area (Å²) in [5.41, 5.74) is 6.66. The highest BCUT2D eigenvalue weighted by atomic mass is 35.5. The van der Waals surface area contributed by atoms with Crippen LogP contribution in [-0.4, -0.2) is 49.0 Å². The summed E-state index contributed by atoms with van der Waals surface area (Å²) in [6, 6.07) is 1.92. The number of nitrogens with two attached hydrogens (primary N) is 1. The van der Waals surface area contributed by atoms with Crippen LogP contribution in [0.25, 0.3) is 11.2 Å². The molecule has 2 aliphatic carbocycles. The number of ether oxygens (including phenoxy) is 1. The molecule has 0 spiro atoms. The molecule has 0 bridgehead atoms. The van der Waals surface area contributed by atoms with E-state index in [1.165, 1.54) is 0 Å². The molecule has 2 atom stereocenters. The van der Waals surface area contributed by atoms with Crippen LogP contribution in [0.15, 0.2) is 18.3 Å². The van der Waals surface area contributed by atoms with Gasteiger partial charge in [0.2, 0.25) is 17.8 Å². The van der Waals surface area contributed by atoms with E-state index in [1.54, 1.807) is 6.20 Å². The van der Waals surface area contributed by atoms with Crippen molar-refractivity contribution in [1.29, 1.82) is 0 Å². The predicted molar refractivity (Wildman–Crippen MR) is 144 cm³/mol. The zero-order valence-electron chi connectivity index (χ0n) is 21.2. The van der Waals surface area contributed by atoms with Gasteiger partial charge in [0, 0.05) is 30.1 Å². The van der Waals surface area contributed by atoms with Crippen molar-refractivity contribution >= 4 is 57.9 Å². The van der Waals surface area contributed by atoms with Crippen molar-refractivity contribution in [2.75, 3.05) is 10.6 Å². The number of amides is 1. The number of carbonyl (C=O) groups is 1. The first-order chi connectivity index (χ1) is 19.0. The minimum absolute atomic E-state index is 0.0243. The van der Waals surface area contributed by atoms with Crippen LogP contribution < -0.4 is 21.1 Å². The Bertz CT molecular complexity index is 1370. The molecule has 40 heavy (non-hydrogen) atoms. The Morgan fingerprint density at radius 2 is 1.80 bits per heavy atom. The lowest BCUT2D eigenvalue weighted by Crippen LogP contribution is -2.30. The number of nitrogens with zero attached hydrogens (tertiary/aromatic N) is 4. The average molecular weight is 602 g/mol. The highest BCUT2D eigenvalue weighted by Gasteiger charge is 2.32. The molecule has 0 aliphatic heterocycles. The molecule has 1 aromatic carbocycles. The number of imidazole rings is 1. The van der Waals surface area contributed by atoms with E-state index in [-0.39, 0.29) is 45.7 Å². The molecule has 5 N–H and O–H groups in total. The summed E-state index contributed by atoms with van der Waals surface area (Å²) in [4.78, 5) is 25.5. The van der Waals surface area contributed by atoms with E-state index >= 15 is 0 Å². The quantitative estimate of drug-likeness (QED) is 0.270. The van der Waals surface area contributed by atoms with Crippen molar-refractivity contribution in [1.82, 2.24) is 19.5 Å². The van der Waals surface area contributed by atoms with Crippen molar-refractivity contribution in [2.45, 2.75) is 75.9 Å². The number of hydrogen-bond acceptors (Lipinski definition) is 8. The Balaban J connectivity index is 1.50. The van der Waals surface area contributed by atoms with Gasteiger partial charge in [-0.3, -0.25) is 9.36 Å². The standard InChI is InChI=1S/C25H28Cl2F3N7O3/c26-17-9-16(40-25(28,29)30)10-18(27)20(17)35-24-34-19-11-32-23(33-13-2-1-3-15(38)8-13)36-22(19)37(24)14-6-4-12(5-7-14)21(31)39/h9-15,38H,1-8H2,(H2,31,39)(H,34,35)(H,32,33,36)/t12-,13-,14+,15+/m1/s1. The Kier molecular flexibility index (Phi) is 8.16. The van der Waals surface area contributed by atoms with Crippen molar-refractivity contribution in [3.63, 3.8) is 0 Å². The molecule has 2 heterocycles. The average Bonchev–Trinajstić information content (AvgIpc) is 3.22. The van der Waals surface area contributed by atoms with Gasteiger partial charge in [0.05, 0.1) is 28.0 Å². The van der Waals surface area contributed by atoms with E-state index in [0.717, 1.165) is 31.4 Å². The van der Waals surface area contributed by atoms with Crippen LogP contribution in [0.3, 0.4) is 0 Å². The van der Waals surface area contributed by atoms with Gasteiger partial charge in [-0.2, -0.15) is 4.98 Å². The number of aliphatic hydroxyl groups is 1. The van der Waals surface area contributed by atoms with Gasteiger partial charge in [-0.15, -0.1) is 13.2 Å². The topological polar surface area (TPSA) is 140 Å². The van der Waals surface area contributed by atoms with Gasteiger partial charge in [-0.25, -0.2) is 9.97 Å². The maximum Gasteiger partial charge on any atom is 0.573 e. The van der Waals surface area contributed by atoms with Gasteiger partial charge in [-0.05, 0) is 51.4 Å². The van der Waals surface area contributed by atoms with Crippen molar-refractivity contribution in [3.8, 4) is 5.75 Å². The molecule has 5 rings (SSSR count). The lowest BCUT2D eigenvalue weighted by molar-refractivity contribution is -0.274. The molecule has 0 unspecified atom stereocenters. The number of fused-ring (bicyclic) bond motifs is 1. The number of carbonyl (C=O) groups excluding carboxylic acids is 1. The van der Waals surface area contributed by atoms with Gasteiger partial charge in [0.25, 0.3) is 0 Å². The van der Waals surface area contributed by atoms with Crippen molar-refractivity contribution in [2.24, 2.45) is 11.7 Å².